The lowest BCUT2D eigenvalue weighted by Gasteiger charge is -2.11. The van der Waals surface area contributed by atoms with Crippen LogP contribution in [0.15, 0.2) is 44.2 Å². The van der Waals surface area contributed by atoms with Gasteiger partial charge in [-0.25, -0.2) is 4.39 Å². The first-order chi connectivity index (χ1) is 9.92. The first kappa shape index (κ1) is 16.3. The highest BCUT2D eigenvalue weighted by Crippen LogP contribution is 2.34. The van der Waals surface area contributed by atoms with Crippen molar-refractivity contribution in [3.63, 3.8) is 0 Å². The van der Waals surface area contributed by atoms with E-state index in [9.17, 15) is 9.18 Å². The van der Waals surface area contributed by atoms with Gasteiger partial charge >= 0.3 is 0 Å². The number of rotatable bonds is 3. The van der Waals surface area contributed by atoms with E-state index in [0.29, 0.717) is 21.5 Å². The number of ether oxygens (including phenoxy) is 1. The Morgan fingerprint density at radius 3 is 2.57 bits per heavy atom. The first-order valence-corrected chi connectivity index (χ1v) is 7.78. The number of halogens is 3. The summed E-state index contributed by atoms with van der Waals surface area (Å²) in [6, 6.07) is 7.42. The van der Waals surface area contributed by atoms with Crippen molar-refractivity contribution < 1.29 is 13.9 Å². The Morgan fingerprint density at radius 2 is 1.95 bits per heavy atom. The van der Waals surface area contributed by atoms with Crippen molar-refractivity contribution >= 4 is 56.1 Å². The van der Waals surface area contributed by atoms with Gasteiger partial charge in [0.15, 0.2) is 0 Å². The van der Waals surface area contributed by atoms with Crippen LogP contribution in [0.1, 0.15) is 10.4 Å². The Kier molecular flexibility index (Phi) is 5.29. The van der Waals surface area contributed by atoms with E-state index < -0.39 is 5.82 Å². The zero-order valence-corrected chi connectivity index (χ0v) is 14.9. The molecule has 0 atom stereocenters. The molecule has 0 aliphatic heterocycles. The van der Waals surface area contributed by atoms with E-state index >= 15 is 0 Å². The molecule has 2 rings (SSSR count). The maximum Gasteiger partial charge on any atom is 0.255 e. The van der Waals surface area contributed by atoms with Crippen LogP contribution < -0.4 is 10.1 Å². The van der Waals surface area contributed by atoms with Gasteiger partial charge in [0.1, 0.15) is 11.6 Å². The molecule has 7 heteroatoms. The van der Waals surface area contributed by atoms with E-state index in [-0.39, 0.29) is 10.8 Å². The van der Waals surface area contributed by atoms with Crippen molar-refractivity contribution in [3.8, 4) is 5.75 Å². The fraction of sp³-hybridized carbons (Fsp3) is 0.0714. The predicted octanol–water partition coefficient (Wildman–Crippen LogP) is 4.90. The highest BCUT2D eigenvalue weighted by Gasteiger charge is 2.12. The van der Waals surface area contributed by atoms with E-state index in [1.165, 1.54) is 25.3 Å². The maximum absolute atomic E-state index is 13.2. The van der Waals surface area contributed by atoms with Crippen molar-refractivity contribution in [2.45, 2.75) is 4.90 Å². The second kappa shape index (κ2) is 6.81. The average molecular weight is 435 g/mol. The summed E-state index contributed by atoms with van der Waals surface area (Å²) in [6.45, 7) is 0. The molecule has 1 N–H and O–H groups in total. The SMILES string of the molecule is COc1cc(NC(=O)c2ccc(F)c(S)c2)c(Br)cc1Br. The Labute approximate surface area is 143 Å². The van der Waals surface area contributed by atoms with Gasteiger partial charge < -0.3 is 10.1 Å². The minimum absolute atomic E-state index is 0.120. The lowest BCUT2D eigenvalue weighted by molar-refractivity contribution is 0.102. The zero-order valence-electron chi connectivity index (χ0n) is 10.8. The summed E-state index contributed by atoms with van der Waals surface area (Å²) >= 11 is 10.7. The molecule has 0 aliphatic rings. The topological polar surface area (TPSA) is 38.3 Å². The van der Waals surface area contributed by atoms with E-state index in [1.54, 1.807) is 12.1 Å². The maximum atomic E-state index is 13.2. The largest absolute Gasteiger partial charge is 0.495 e. The highest BCUT2D eigenvalue weighted by atomic mass is 79.9. The average Bonchev–Trinajstić information content (AvgIpc) is 2.44. The molecule has 1 amide bonds. The molecule has 0 spiro atoms. The van der Waals surface area contributed by atoms with E-state index in [0.717, 1.165) is 4.47 Å². The molecule has 0 radical (unpaired) electrons. The molecule has 0 saturated heterocycles. The van der Waals surface area contributed by atoms with Crippen LogP contribution in [0.4, 0.5) is 10.1 Å². The molecule has 0 saturated carbocycles. The molecule has 0 heterocycles. The van der Waals surface area contributed by atoms with Crippen molar-refractivity contribution in [1.82, 2.24) is 0 Å². The van der Waals surface area contributed by atoms with Crippen LogP contribution in [-0.2, 0) is 0 Å². The first-order valence-electron chi connectivity index (χ1n) is 5.75. The molecule has 0 unspecified atom stereocenters. The monoisotopic (exact) mass is 433 g/mol. The number of hydrogen-bond donors (Lipinski definition) is 2. The van der Waals surface area contributed by atoms with Crippen molar-refractivity contribution in [1.29, 1.82) is 0 Å². The molecule has 21 heavy (non-hydrogen) atoms. The van der Waals surface area contributed by atoms with Gasteiger partial charge in [0.2, 0.25) is 0 Å². The van der Waals surface area contributed by atoms with Crippen molar-refractivity contribution in [2.75, 3.05) is 12.4 Å². The smallest absolute Gasteiger partial charge is 0.255 e. The summed E-state index contributed by atoms with van der Waals surface area (Å²) < 4.78 is 19.8. The lowest BCUT2D eigenvalue weighted by Crippen LogP contribution is -2.12. The highest BCUT2D eigenvalue weighted by molar-refractivity contribution is 9.11. The normalized spacial score (nSPS) is 10.3. The summed E-state index contributed by atoms with van der Waals surface area (Å²) in [7, 11) is 1.53. The molecule has 2 aromatic rings. The third-order valence-corrected chi connectivity index (χ3v) is 4.32. The molecular weight excluding hydrogens is 425 g/mol. The fourth-order valence-electron chi connectivity index (χ4n) is 1.63. The number of anilines is 1. The summed E-state index contributed by atoms with van der Waals surface area (Å²) in [4.78, 5) is 12.3. The minimum Gasteiger partial charge on any atom is -0.495 e. The number of benzene rings is 2. The summed E-state index contributed by atoms with van der Waals surface area (Å²) in [5.74, 6) is -0.251. The van der Waals surface area contributed by atoms with Gasteiger partial charge in [-0.05, 0) is 56.1 Å². The number of methoxy groups -OCH3 is 1. The molecule has 0 fully saturated rings. The van der Waals surface area contributed by atoms with Gasteiger partial charge in [-0.3, -0.25) is 4.79 Å². The van der Waals surface area contributed by atoms with Crippen LogP contribution in [0.3, 0.4) is 0 Å². The second-order valence-electron chi connectivity index (χ2n) is 4.09. The van der Waals surface area contributed by atoms with Gasteiger partial charge in [0.05, 0.1) is 17.3 Å². The predicted molar refractivity (Wildman–Crippen MR) is 90.0 cm³/mol. The summed E-state index contributed by atoms with van der Waals surface area (Å²) in [5.41, 5.74) is 0.861. The van der Waals surface area contributed by atoms with Crippen LogP contribution in [-0.4, -0.2) is 13.0 Å². The number of hydrogen-bond acceptors (Lipinski definition) is 3. The number of carbonyl (C=O) groups excluding carboxylic acids is 1. The van der Waals surface area contributed by atoms with Crippen LogP contribution in [0.2, 0.25) is 0 Å². The standard InChI is InChI=1S/C14H10Br2FNO2S/c1-20-12-6-11(8(15)5-9(12)16)18-14(19)7-2-3-10(17)13(21)4-7/h2-6,21H,1H3,(H,18,19). The van der Waals surface area contributed by atoms with E-state index in [2.05, 4.69) is 49.8 Å². The van der Waals surface area contributed by atoms with Crippen LogP contribution >= 0.6 is 44.5 Å². The molecule has 0 aromatic heterocycles. The number of carbonyl (C=O) groups is 1. The van der Waals surface area contributed by atoms with Crippen LogP contribution in [0.25, 0.3) is 0 Å². The van der Waals surface area contributed by atoms with Gasteiger partial charge in [0.25, 0.3) is 5.91 Å². The van der Waals surface area contributed by atoms with Crippen molar-refractivity contribution in [3.05, 3.63) is 50.7 Å². The molecular formula is C14H10Br2FNO2S. The molecule has 110 valence electrons. The molecule has 2 aromatic carbocycles. The third-order valence-electron chi connectivity index (χ3n) is 2.70. The molecule has 3 nitrogen and oxygen atoms in total. The van der Waals surface area contributed by atoms with E-state index in [4.69, 9.17) is 4.74 Å². The van der Waals surface area contributed by atoms with E-state index in [1.807, 2.05) is 0 Å². The fourth-order valence-corrected chi connectivity index (χ4v) is 3.10. The second-order valence-corrected chi connectivity index (χ2v) is 6.28. The summed E-state index contributed by atoms with van der Waals surface area (Å²) in [5, 5.41) is 2.73. The third kappa shape index (κ3) is 3.78. The van der Waals surface area contributed by atoms with Crippen LogP contribution in [0, 0.1) is 5.82 Å². The number of thiol groups is 1. The zero-order chi connectivity index (χ0) is 15.6. The minimum atomic E-state index is -0.471. The van der Waals surface area contributed by atoms with Crippen molar-refractivity contribution in [2.24, 2.45) is 0 Å². The van der Waals surface area contributed by atoms with Gasteiger partial charge in [-0.2, -0.15) is 0 Å². The van der Waals surface area contributed by atoms with Gasteiger partial charge in [-0.1, -0.05) is 0 Å². The van der Waals surface area contributed by atoms with Gasteiger partial charge in [-0.15, -0.1) is 12.6 Å². The quantitative estimate of drug-likeness (QED) is 0.674. The Hall–Kier alpha value is -1.05. The molecule has 0 aliphatic carbocycles. The number of nitrogens with one attached hydrogen (secondary N) is 1. The Balaban J connectivity index is 2.29. The Morgan fingerprint density at radius 1 is 1.24 bits per heavy atom. The molecule has 0 bridgehead atoms. The lowest BCUT2D eigenvalue weighted by atomic mass is 10.2. The summed E-state index contributed by atoms with van der Waals surface area (Å²) in [6.07, 6.45) is 0. The number of amides is 1. The van der Waals surface area contributed by atoms with Crippen LogP contribution in [0.5, 0.6) is 5.75 Å². The van der Waals surface area contributed by atoms with Gasteiger partial charge in [0, 0.05) is 21.0 Å². The Bertz CT molecular complexity index is 710.